The van der Waals surface area contributed by atoms with Crippen LogP contribution in [-0.4, -0.2) is 37.6 Å². The molecule has 0 aliphatic carbocycles. The van der Waals surface area contributed by atoms with E-state index in [1.165, 1.54) is 0 Å². The van der Waals surface area contributed by atoms with Gasteiger partial charge in [0.15, 0.2) is 0 Å². The van der Waals surface area contributed by atoms with Gasteiger partial charge < -0.3 is 15.4 Å². The van der Waals surface area contributed by atoms with E-state index in [-0.39, 0.29) is 5.91 Å². The average molecular weight is 248 g/mol. The van der Waals surface area contributed by atoms with Crippen LogP contribution in [0.5, 0.6) is 0 Å². The van der Waals surface area contributed by atoms with Crippen molar-refractivity contribution < 1.29 is 9.53 Å². The molecule has 2 rings (SSSR count). The molecule has 0 saturated carbocycles. The van der Waals surface area contributed by atoms with Crippen molar-refractivity contribution in [3.05, 3.63) is 29.3 Å². The summed E-state index contributed by atoms with van der Waals surface area (Å²) < 4.78 is 5.03. The van der Waals surface area contributed by atoms with Gasteiger partial charge in [-0.25, -0.2) is 0 Å². The molecular weight excluding hydrogens is 228 g/mol. The number of carbonyl (C=O) groups is 1. The first kappa shape index (κ1) is 12.9. The minimum Gasteiger partial charge on any atom is -0.398 e. The van der Waals surface area contributed by atoms with Gasteiger partial charge in [0, 0.05) is 32.5 Å². The summed E-state index contributed by atoms with van der Waals surface area (Å²) in [5.41, 5.74) is 8.32. The number of nitrogens with two attached hydrogens (primary N) is 1. The Bertz CT molecular complexity index is 432. The molecule has 0 atom stereocenters. The van der Waals surface area contributed by atoms with E-state index in [1.807, 2.05) is 17.0 Å². The summed E-state index contributed by atoms with van der Waals surface area (Å²) in [6, 6.07) is 5.72. The number of fused-ring (bicyclic) bond motifs is 1. The Hall–Kier alpha value is -1.55. The molecule has 1 amide bonds. The van der Waals surface area contributed by atoms with Gasteiger partial charge in [-0.1, -0.05) is 12.1 Å². The minimum absolute atomic E-state index is 0.0664. The minimum atomic E-state index is 0.0664. The Kier molecular flexibility index (Phi) is 4.20. The van der Waals surface area contributed by atoms with Crippen molar-refractivity contribution in [3.8, 4) is 0 Å². The third kappa shape index (κ3) is 2.64. The Morgan fingerprint density at radius 3 is 3.06 bits per heavy atom. The van der Waals surface area contributed by atoms with Gasteiger partial charge in [0.1, 0.15) is 0 Å². The molecule has 0 saturated heterocycles. The molecule has 2 N–H and O–H groups in total. The van der Waals surface area contributed by atoms with E-state index in [0.717, 1.165) is 37.9 Å². The lowest BCUT2D eigenvalue weighted by atomic mass is 10.0. The van der Waals surface area contributed by atoms with E-state index in [9.17, 15) is 4.79 Å². The molecule has 18 heavy (non-hydrogen) atoms. The van der Waals surface area contributed by atoms with Gasteiger partial charge in [-0.3, -0.25) is 4.79 Å². The van der Waals surface area contributed by atoms with E-state index in [2.05, 4.69) is 0 Å². The number of benzene rings is 1. The summed E-state index contributed by atoms with van der Waals surface area (Å²) in [7, 11) is 1.68. The quantitative estimate of drug-likeness (QED) is 0.651. The largest absolute Gasteiger partial charge is 0.398 e. The zero-order valence-electron chi connectivity index (χ0n) is 10.8. The van der Waals surface area contributed by atoms with Gasteiger partial charge in [0.25, 0.3) is 5.91 Å². The van der Waals surface area contributed by atoms with Crippen molar-refractivity contribution in [1.82, 2.24) is 4.90 Å². The van der Waals surface area contributed by atoms with Gasteiger partial charge in [-0.15, -0.1) is 0 Å². The molecule has 1 aliphatic rings. The number of ether oxygens (including phenoxy) is 1. The first-order chi connectivity index (χ1) is 8.74. The highest BCUT2D eigenvalue weighted by Gasteiger charge is 2.23. The van der Waals surface area contributed by atoms with Gasteiger partial charge in [0.2, 0.25) is 0 Å². The van der Waals surface area contributed by atoms with Crippen molar-refractivity contribution in [1.29, 1.82) is 0 Å². The highest BCUT2D eigenvalue weighted by molar-refractivity contribution is 6.00. The Balaban J connectivity index is 2.18. The highest BCUT2D eigenvalue weighted by Crippen LogP contribution is 2.23. The van der Waals surface area contributed by atoms with Crippen molar-refractivity contribution in [2.75, 3.05) is 32.5 Å². The van der Waals surface area contributed by atoms with Crippen LogP contribution in [-0.2, 0) is 11.2 Å². The molecule has 0 unspecified atom stereocenters. The van der Waals surface area contributed by atoms with Crippen LogP contribution in [0.4, 0.5) is 5.69 Å². The van der Waals surface area contributed by atoms with Crippen LogP contribution in [0.2, 0.25) is 0 Å². The van der Waals surface area contributed by atoms with E-state index in [1.54, 1.807) is 13.2 Å². The van der Waals surface area contributed by atoms with Crippen LogP contribution in [0.25, 0.3) is 0 Å². The van der Waals surface area contributed by atoms with E-state index in [0.29, 0.717) is 17.9 Å². The lowest BCUT2D eigenvalue weighted by molar-refractivity contribution is 0.0743. The predicted molar refractivity (Wildman–Crippen MR) is 71.6 cm³/mol. The summed E-state index contributed by atoms with van der Waals surface area (Å²) in [5.74, 6) is 0.0664. The van der Waals surface area contributed by atoms with Gasteiger partial charge in [0.05, 0.1) is 5.56 Å². The first-order valence-corrected chi connectivity index (χ1v) is 6.39. The molecule has 1 aromatic carbocycles. The van der Waals surface area contributed by atoms with Crippen molar-refractivity contribution >= 4 is 11.6 Å². The number of hydrogen-bond donors (Lipinski definition) is 1. The summed E-state index contributed by atoms with van der Waals surface area (Å²) in [6.45, 7) is 2.22. The predicted octanol–water partition coefficient (Wildman–Crippen LogP) is 1.69. The second-order valence-corrected chi connectivity index (χ2v) is 4.62. The summed E-state index contributed by atoms with van der Waals surface area (Å²) in [5, 5.41) is 0. The van der Waals surface area contributed by atoms with Crippen LogP contribution in [0.3, 0.4) is 0 Å². The molecule has 1 aromatic rings. The van der Waals surface area contributed by atoms with E-state index >= 15 is 0 Å². The third-order valence-electron chi connectivity index (χ3n) is 3.33. The lowest BCUT2D eigenvalue weighted by Gasteiger charge is -2.21. The highest BCUT2D eigenvalue weighted by atomic mass is 16.5. The summed E-state index contributed by atoms with van der Waals surface area (Å²) in [4.78, 5) is 14.3. The van der Waals surface area contributed by atoms with Crippen LogP contribution >= 0.6 is 0 Å². The topological polar surface area (TPSA) is 55.6 Å². The average Bonchev–Trinajstić information content (AvgIpc) is 2.51. The zero-order valence-corrected chi connectivity index (χ0v) is 10.8. The molecule has 4 heteroatoms. The molecule has 1 aliphatic heterocycles. The summed E-state index contributed by atoms with van der Waals surface area (Å²) >= 11 is 0. The Morgan fingerprint density at radius 2 is 2.28 bits per heavy atom. The molecule has 0 radical (unpaired) electrons. The second kappa shape index (κ2) is 5.87. The molecular formula is C14H20N2O2. The normalized spacial score (nSPS) is 15.4. The molecule has 0 fully saturated rings. The SMILES string of the molecule is COCCCN1CCCc2cccc(N)c2C1=O. The Labute approximate surface area is 108 Å². The third-order valence-corrected chi connectivity index (χ3v) is 3.33. The number of rotatable bonds is 4. The second-order valence-electron chi connectivity index (χ2n) is 4.62. The van der Waals surface area contributed by atoms with Gasteiger partial charge >= 0.3 is 0 Å². The fourth-order valence-electron chi connectivity index (χ4n) is 2.42. The maximum absolute atomic E-state index is 12.5. The van der Waals surface area contributed by atoms with Crippen LogP contribution in [0.15, 0.2) is 18.2 Å². The van der Waals surface area contributed by atoms with E-state index in [4.69, 9.17) is 10.5 Å². The number of anilines is 1. The Morgan fingerprint density at radius 1 is 1.44 bits per heavy atom. The van der Waals surface area contributed by atoms with Crippen LogP contribution < -0.4 is 5.73 Å². The maximum Gasteiger partial charge on any atom is 0.256 e. The maximum atomic E-state index is 12.5. The molecule has 0 bridgehead atoms. The molecule has 0 aromatic heterocycles. The fraction of sp³-hybridized carbons (Fsp3) is 0.500. The lowest BCUT2D eigenvalue weighted by Crippen LogP contribution is -2.32. The number of nitrogens with zero attached hydrogens (tertiary/aromatic N) is 1. The fourth-order valence-corrected chi connectivity index (χ4v) is 2.42. The zero-order chi connectivity index (χ0) is 13.0. The monoisotopic (exact) mass is 248 g/mol. The van der Waals surface area contributed by atoms with Crippen molar-refractivity contribution in [2.24, 2.45) is 0 Å². The standard InChI is InChI=1S/C14H20N2O2/c1-18-10-4-9-16-8-3-6-11-5-2-7-12(15)13(11)14(16)17/h2,5,7H,3-4,6,8-10,15H2,1H3. The van der Waals surface area contributed by atoms with E-state index < -0.39 is 0 Å². The first-order valence-electron chi connectivity index (χ1n) is 6.39. The number of amides is 1. The van der Waals surface area contributed by atoms with Crippen LogP contribution in [0.1, 0.15) is 28.8 Å². The van der Waals surface area contributed by atoms with Crippen molar-refractivity contribution in [2.45, 2.75) is 19.3 Å². The number of methoxy groups -OCH3 is 1. The summed E-state index contributed by atoms with van der Waals surface area (Å²) in [6.07, 6.45) is 2.78. The number of aryl methyl sites for hydroxylation is 1. The smallest absolute Gasteiger partial charge is 0.256 e. The molecule has 1 heterocycles. The number of carbonyl (C=O) groups excluding carboxylic acids is 1. The van der Waals surface area contributed by atoms with Gasteiger partial charge in [-0.2, -0.15) is 0 Å². The van der Waals surface area contributed by atoms with Gasteiger partial charge in [-0.05, 0) is 30.9 Å². The van der Waals surface area contributed by atoms with Crippen molar-refractivity contribution in [3.63, 3.8) is 0 Å². The van der Waals surface area contributed by atoms with Crippen LogP contribution in [0, 0.1) is 0 Å². The molecule has 4 nitrogen and oxygen atoms in total. The molecule has 0 spiro atoms. The number of hydrogen-bond acceptors (Lipinski definition) is 3. The number of nitrogen functional groups attached to an aromatic ring is 1. The molecule has 98 valence electrons.